The molecule has 0 heterocycles. The van der Waals surface area contributed by atoms with Crippen LogP contribution in [0.3, 0.4) is 0 Å². The Hall–Kier alpha value is -1.51. The molecule has 1 atom stereocenters. The second kappa shape index (κ2) is 8.57. The summed E-state index contributed by atoms with van der Waals surface area (Å²) in [6, 6.07) is 7.25. The summed E-state index contributed by atoms with van der Waals surface area (Å²) in [5, 5.41) is 3.02. The van der Waals surface area contributed by atoms with Crippen LogP contribution in [0, 0.1) is 5.92 Å². The summed E-state index contributed by atoms with van der Waals surface area (Å²) in [7, 11) is 1.61. The van der Waals surface area contributed by atoms with Gasteiger partial charge in [0.15, 0.2) is 0 Å². The van der Waals surface area contributed by atoms with Crippen molar-refractivity contribution in [3.63, 3.8) is 0 Å². The summed E-state index contributed by atoms with van der Waals surface area (Å²) in [6.45, 7) is 5.13. The molecule has 1 aromatic rings. The van der Waals surface area contributed by atoms with Crippen molar-refractivity contribution in [2.24, 2.45) is 5.92 Å². The molecule has 3 nitrogen and oxygen atoms in total. The highest BCUT2D eigenvalue weighted by Crippen LogP contribution is 2.14. The first-order valence-corrected chi connectivity index (χ1v) is 7.13. The van der Waals surface area contributed by atoms with E-state index in [4.69, 9.17) is 4.74 Å². The fourth-order valence-electron chi connectivity index (χ4n) is 2.05. The average Bonchev–Trinajstić information content (AvgIpc) is 2.47. The van der Waals surface area contributed by atoms with Crippen molar-refractivity contribution in [2.45, 2.75) is 39.5 Å². The molecule has 0 aliphatic carbocycles. The van der Waals surface area contributed by atoms with Crippen molar-refractivity contribution in [1.29, 1.82) is 0 Å². The number of benzene rings is 1. The Morgan fingerprint density at radius 1 is 1.37 bits per heavy atom. The minimum absolute atomic E-state index is 0.0196. The van der Waals surface area contributed by atoms with Gasteiger partial charge in [0, 0.05) is 12.1 Å². The average molecular weight is 263 g/mol. The summed E-state index contributed by atoms with van der Waals surface area (Å²) in [4.78, 5) is 12.0. The maximum atomic E-state index is 12.0. The summed E-state index contributed by atoms with van der Waals surface area (Å²) >= 11 is 0. The van der Waals surface area contributed by atoms with Crippen molar-refractivity contribution in [1.82, 2.24) is 5.32 Å². The summed E-state index contributed by atoms with van der Waals surface area (Å²) < 4.78 is 5.12. The van der Waals surface area contributed by atoms with E-state index in [2.05, 4.69) is 19.2 Å². The predicted octanol–water partition coefficient (Wildman–Crippen LogP) is 3.64. The number of hydrogen-bond acceptors (Lipinski definition) is 2. The largest absolute Gasteiger partial charge is 0.497 e. The number of ether oxygens (including phenoxy) is 1. The van der Waals surface area contributed by atoms with Gasteiger partial charge in [-0.3, -0.25) is 4.79 Å². The summed E-state index contributed by atoms with van der Waals surface area (Å²) in [5.74, 6) is 1.27. The number of nitrogens with one attached hydrogen (secondary N) is 1. The van der Waals surface area contributed by atoms with Crippen LogP contribution < -0.4 is 10.1 Å². The van der Waals surface area contributed by atoms with Crippen LogP contribution in [0.5, 0.6) is 5.75 Å². The molecule has 0 aromatic heterocycles. The van der Waals surface area contributed by atoms with Crippen molar-refractivity contribution < 1.29 is 9.53 Å². The van der Waals surface area contributed by atoms with Gasteiger partial charge in [-0.25, -0.2) is 0 Å². The molecule has 0 aliphatic heterocycles. The number of rotatable bonds is 8. The van der Waals surface area contributed by atoms with Crippen LogP contribution in [0.4, 0.5) is 0 Å². The lowest BCUT2D eigenvalue weighted by Gasteiger charge is -2.15. The minimum Gasteiger partial charge on any atom is -0.497 e. The Balaban J connectivity index is 2.49. The van der Waals surface area contributed by atoms with E-state index >= 15 is 0 Å². The molecule has 1 N–H and O–H groups in total. The predicted molar refractivity (Wildman–Crippen MR) is 78.6 cm³/mol. The number of hydrogen-bond donors (Lipinski definition) is 1. The van der Waals surface area contributed by atoms with Gasteiger partial charge in [-0.15, -0.1) is 0 Å². The molecule has 106 valence electrons. The van der Waals surface area contributed by atoms with Crippen LogP contribution in [0.15, 0.2) is 24.3 Å². The zero-order chi connectivity index (χ0) is 14.1. The minimum atomic E-state index is -0.0196. The van der Waals surface area contributed by atoms with Crippen LogP contribution in [0.25, 0.3) is 0 Å². The quantitative estimate of drug-likeness (QED) is 0.777. The highest BCUT2D eigenvalue weighted by molar-refractivity contribution is 5.94. The van der Waals surface area contributed by atoms with E-state index < -0.39 is 0 Å². The molecular formula is C16H25NO2. The normalized spacial score (nSPS) is 11.9. The van der Waals surface area contributed by atoms with E-state index in [0.717, 1.165) is 13.0 Å². The van der Waals surface area contributed by atoms with Crippen LogP contribution >= 0.6 is 0 Å². The van der Waals surface area contributed by atoms with Gasteiger partial charge in [-0.2, -0.15) is 0 Å². The Morgan fingerprint density at radius 3 is 2.79 bits per heavy atom. The molecule has 1 rings (SSSR count). The topological polar surface area (TPSA) is 38.3 Å². The van der Waals surface area contributed by atoms with Crippen LogP contribution in [-0.2, 0) is 0 Å². The molecule has 19 heavy (non-hydrogen) atoms. The fourth-order valence-corrected chi connectivity index (χ4v) is 2.05. The molecule has 1 amide bonds. The van der Waals surface area contributed by atoms with Gasteiger partial charge in [-0.05, 0) is 30.5 Å². The second-order valence-electron chi connectivity index (χ2n) is 4.86. The van der Waals surface area contributed by atoms with Gasteiger partial charge in [0.05, 0.1) is 7.11 Å². The first-order valence-electron chi connectivity index (χ1n) is 7.13. The standard InChI is InChI=1S/C16H25NO2/c1-4-6-8-13(5-2)12-17-16(18)14-9-7-10-15(11-14)19-3/h7,9-11,13H,4-6,8,12H2,1-3H3,(H,17,18)/t13-/m0/s1. The van der Waals surface area contributed by atoms with Crippen molar-refractivity contribution in [3.05, 3.63) is 29.8 Å². The van der Waals surface area contributed by atoms with E-state index in [-0.39, 0.29) is 5.91 Å². The van der Waals surface area contributed by atoms with Crippen LogP contribution in [-0.4, -0.2) is 19.6 Å². The van der Waals surface area contributed by atoms with Crippen molar-refractivity contribution in [3.8, 4) is 5.75 Å². The van der Waals surface area contributed by atoms with E-state index in [9.17, 15) is 4.79 Å². The van der Waals surface area contributed by atoms with Gasteiger partial charge >= 0.3 is 0 Å². The molecule has 0 bridgehead atoms. The zero-order valence-electron chi connectivity index (χ0n) is 12.2. The molecule has 0 fully saturated rings. The second-order valence-corrected chi connectivity index (χ2v) is 4.86. The number of methoxy groups -OCH3 is 1. The van der Waals surface area contributed by atoms with E-state index in [1.54, 1.807) is 13.2 Å². The summed E-state index contributed by atoms with van der Waals surface area (Å²) in [5.41, 5.74) is 0.657. The molecule has 1 aromatic carbocycles. The molecular weight excluding hydrogens is 238 g/mol. The van der Waals surface area contributed by atoms with Gasteiger partial charge in [0.1, 0.15) is 5.75 Å². The third kappa shape index (κ3) is 5.33. The molecule has 0 spiro atoms. The number of carbonyl (C=O) groups excluding carboxylic acids is 1. The smallest absolute Gasteiger partial charge is 0.251 e. The number of carbonyl (C=O) groups is 1. The lowest BCUT2D eigenvalue weighted by Crippen LogP contribution is -2.29. The van der Waals surface area contributed by atoms with Crippen LogP contribution in [0.1, 0.15) is 49.9 Å². The molecule has 0 saturated heterocycles. The van der Waals surface area contributed by atoms with Gasteiger partial charge in [0.2, 0.25) is 0 Å². The zero-order valence-corrected chi connectivity index (χ0v) is 12.2. The van der Waals surface area contributed by atoms with E-state index in [0.29, 0.717) is 17.2 Å². The fraction of sp³-hybridized carbons (Fsp3) is 0.562. The highest BCUT2D eigenvalue weighted by Gasteiger charge is 2.10. The molecule has 0 saturated carbocycles. The van der Waals surface area contributed by atoms with E-state index in [1.165, 1.54) is 19.3 Å². The van der Waals surface area contributed by atoms with Gasteiger partial charge in [-0.1, -0.05) is 39.2 Å². The Kier molecular flexibility index (Phi) is 7.01. The third-order valence-electron chi connectivity index (χ3n) is 3.43. The van der Waals surface area contributed by atoms with Crippen molar-refractivity contribution in [2.75, 3.05) is 13.7 Å². The van der Waals surface area contributed by atoms with E-state index in [1.807, 2.05) is 18.2 Å². The third-order valence-corrected chi connectivity index (χ3v) is 3.43. The lowest BCUT2D eigenvalue weighted by atomic mass is 9.99. The highest BCUT2D eigenvalue weighted by atomic mass is 16.5. The first-order chi connectivity index (χ1) is 9.21. The lowest BCUT2D eigenvalue weighted by molar-refractivity contribution is 0.0945. The molecule has 0 radical (unpaired) electrons. The first kappa shape index (κ1) is 15.5. The Bertz CT molecular complexity index is 390. The summed E-state index contributed by atoms with van der Waals surface area (Å²) in [6.07, 6.45) is 4.73. The number of unbranched alkanes of at least 4 members (excludes halogenated alkanes) is 1. The SMILES string of the molecule is CCCC[C@H](CC)CNC(=O)c1cccc(OC)c1. The molecule has 3 heteroatoms. The Labute approximate surface area is 116 Å². The maximum Gasteiger partial charge on any atom is 0.251 e. The Morgan fingerprint density at radius 2 is 2.16 bits per heavy atom. The molecule has 0 unspecified atom stereocenters. The molecule has 0 aliphatic rings. The van der Waals surface area contributed by atoms with Crippen molar-refractivity contribution >= 4 is 5.91 Å². The maximum absolute atomic E-state index is 12.0. The number of amides is 1. The van der Waals surface area contributed by atoms with Gasteiger partial charge < -0.3 is 10.1 Å². The monoisotopic (exact) mass is 263 g/mol. The van der Waals surface area contributed by atoms with Gasteiger partial charge in [0.25, 0.3) is 5.91 Å². The van der Waals surface area contributed by atoms with Crippen LogP contribution in [0.2, 0.25) is 0 Å².